The number of rotatable bonds is 3. The summed E-state index contributed by atoms with van der Waals surface area (Å²) in [5.41, 5.74) is 4.24. The van der Waals surface area contributed by atoms with Gasteiger partial charge in [0.25, 0.3) is 6.34 Å². The molecule has 1 rings (SSSR count). The average Bonchev–Trinajstić information content (AvgIpc) is 2.18. The van der Waals surface area contributed by atoms with Crippen LogP contribution in [0, 0.1) is 0 Å². The average molecular weight is 200 g/mol. The van der Waals surface area contributed by atoms with Gasteiger partial charge in [-0.25, -0.2) is 5.43 Å². The molecule has 0 saturated carbocycles. The topological polar surface area (TPSA) is 67.1 Å². The number of benzene rings is 1. The van der Waals surface area contributed by atoms with Gasteiger partial charge in [0.2, 0.25) is 0 Å². The van der Waals surface area contributed by atoms with E-state index in [0.717, 1.165) is 11.3 Å². The number of nitrogens with one attached hydrogen (secondary N) is 1. The molecular weight excluding hydrogens is 188 g/mol. The van der Waals surface area contributed by atoms with Crippen molar-refractivity contribution in [1.29, 1.82) is 0 Å². The third kappa shape index (κ3) is 2.61. The van der Waals surface area contributed by atoms with Crippen LogP contribution in [0.15, 0.2) is 24.3 Å². The van der Waals surface area contributed by atoms with Gasteiger partial charge in [-0.2, -0.15) is 5.84 Å². The van der Waals surface area contributed by atoms with Crippen molar-refractivity contribution in [2.24, 2.45) is 11.7 Å². The second-order valence-electron chi connectivity index (χ2n) is 2.50. The van der Waals surface area contributed by atoms with E-state index in [1.165, 1.54) is 11.0 Å². The summed E-state index contributed by atoms with van der Waals surface area (Å²) >= 11 is 5.63. The van der Waals surface area contributed by atoms with Gasteiger partial charge in [0.1, 0.15) is 0 Å². The van der Waals surface area contributed by atoms with Crippen LogP contribution in [0.2, 0.25) is 0 Å². The first kappa shape index (κ1) is 9.83. The molecule has 0 saturated heterocycles. The second-order valence-corrected chi connectivity index (χ2v) is 2.77. The Hall–Kier alpha value is -1.26. The predicted octanol–water partition coefficient (Wildman–Crippen LogP) is 0.435. The highest BCUT2D eigenvalue weighted by Crippen LogP contribution is 2.11. The minimum Gasteiger partial charge on any atom is -0.269 e. The molecule has 1 aromatic carbocycles. The molecule has 4 nitrogen and oxygen atoms in total. The first-order valence-corrected chi connectivity index (χ1v) is 4.29. The molecule has 0 aromatic heterocycles. The van der Waals surface area contributed by atoms with Crippen molar-refractivity contribution in [1.82, 2.24) is 5.43 Å². The molecule has 0 amide bonds. The number of nitrogens with two attached hydrogens (primary N) is 2. The van der Waals surface area contributed by atoms with Crippen LogP contribution in [-0.2, 0) is 5.88 Å². The number of hydrazone groups is 1. The summed E-state index contributed by atoms with van der Waals surface area (Å²) < 4.78 is 1.39. The Labute approximate surface area is 81.7 Å². The molecule has 1 aromatic rings. The second kappa shape index (κ2) is 4.69. The molecule has 0 spiro atoms. The zero-order valence-electron chi connectivity index (χ0n) is 7.07. The van der Waals surface area contributed by atoms with Crippen molar-refractivity contribution < 1.29 is 4.68 Å². The van der Waals surface area contributed by atoms with E-state index < -0.39 is 0 Å². The van der Waals surface area contributed by atoms with E-state index in [9.17, 15) is 0 Å². The molecule has 0 heterocycles. The quantitative estimate of drug-likeness (QED) is 0.165. The van der Waals surface area contributed by atoms with Gasteiger partial charge in [0.15, 0.2) is 5.69 Å². The van der Waals surface area contributed by atoms with Gasteiger partial charge in [-0.15, -0.1) is 16.3 Å². The van der Waals surface area contributed by atoms with Crippen molar-refractivity contribution >= 4 is 23.6 Å². The summed E-state index contributed by atoms with van der Waals surface area (Å²) in [4.78, 5) is 0. The summed E-state index contributed by atoms with van der Waals surface area (Å²) in [5, 5.41) is 0. The molecule has 0 fully saturated rings. The number of nitrogens with zero attached hydrogens (tertiary/aromatic N) is 1. The van der Waals surface area contributed by atoms with Crippen molar-refractivity contribution in [3.8, 4) is 0 Å². The molecule has 5 N–H and O–H groups in total. The lowest BCUT2D eigenvalue weighted by atomic mass is 10.2. The Morgan fingerprint density at radius 1 is 1.38 bits per heavy atom. The van der Waals surface area contributed by atoms with Crippen LogP contribution in [0.25, 0.3) is 0 Å². The summed E-state index contributed by atoms with van der Waals surface area (Å²) in [5.74, 6) is 11.2. The molecule has 0 radical (unpaired) electrons. The normalized spacial score (nSPS) is 11.4. The summed E-state index contributed by atoms with van der Waals surface area (Å²) in [6.07, 6.45) is 1.45. The van der Waals surface area contributed by atoms with Gasteiger partial charge in [-0.05, 0) is 17.7 Å². The molecule has 0 unspecified atom stereocenters. The van der Waals surface area contributed by atoms with E-state index in [2.05, 4.69) is 5.43 Å². The Morgan fingerprint density at radius 3 is 2.46 bits per heavy atom. The molecule has 0 atom stereocenters. The van der Waals surface area contributed by atoms with Gasteiger partial charge in [-0.3, -0.25) is 5.84 Å². The number of hydrogen-bond acceptors (Lipinski definition) is 2. The highest BCUT2D eigenvalue weighted by Gasteiger charge is 1.98. The van der Waals surface area contributed by atoms with Crippen molar-refractivity contribution in [2.45, 2.75) is 5.88 Å². The number of hydrazine groups is 2. The fourth-order valence-electron chi connectivity index (χ4n) is 0.912. The third-order valence-corrected chi connectivity index (χ3v) is 1.91. The summed E-state index contributed by atoms with van der Waals surface area (Å²) in [6, 6.07) is 7.55. The van der Waals surface area contributed by atoms with Crippen LogP contribution in [0.3, 0.4) is 0 Å². The van der Waals surface area contributed by atoms with Gasteiger partial charge >= 0.3 is 0 Å². The van der Waals surface area contributed by atoms with E-state index >= 15 is 0 Å². The van der Waals surface area contributed by atoms with Crippen molar-refractivity contribution in [3.05, 3.63) is 29.8 Å². The van der Waals surface area contributed by atoms with Gasteiger partial charge < -0.3 is 0 Å². The first-order valence-electron chi connectivity index (χ1n) is 3.76. The molecular formula is C8H12ClN4+. The lowest BCUT2D eigenvalue weighted by Gasteiger charge is -1.99. The summed E-state index contributed by atoms with van der Waals surface area (Å²) in [6.45, 7) is 0. The lowest BCUT2D eigenvalue weighted by Crippen LogP contribution is -2.28. The van der Waals surface area contributed by atoms with Gasteiger partial charge in [0.05, 0.1) is 0 Å². The van der Waals surface area contributed by atoms with Crippen LogP contribution in [0.5, 0.6) is 0 Å². The Kier molecular flexibility index (Phi) is 3.54. The van der Waals surface area contributed by atoms with Crippen molar-refractivity contribution in [3.63, 3.8) is 0 Å². The van der Waals surface area contributed by atoms with E-state index in [4.69, 9.17) is 23.3 Å². The van der Waals surface area contributed by atoms with E-state index in [1.54, 1.807) is 0 Å². The van der Waals surface area contributed by atoms with Crippen LogP contribution in [-0.4, -0.2) is 11.0 Å². The maximum absolute atomic E-state index is 5.63. The maximum atomic E-state index is 5.63. The van der Waals surface area contributed by atoms with E-state index in [0.29, 0.717) is 5.88 Å². The zero-order chi connectivity index (χ0) is 9.68. The third-order valence-electron chi connectivity index (χ3n) is 1.60. The monoisotopic (exact) mass is 199 g/mol. The van der Waals surface area contributed by atoms with Gasteiger partial charge in [-0.1, -0.05) is 12.1 Å². The molecule has 0 aliphatic rings. The molecule has 0 aliphatic heterocycles. The summed E-state index contributed by atoms with van der Waals surface area (Å²) in [7, 11) is 0. The van der Waals surface area contributed by atoms with E-state index in [-0.39, 0.29) is 0 Å². The fourth-order valence-corrected chi connectivity index (χ4v) is 1.09. The first-order chi connectivity index (χ1) is 6.27. The SMILES string of the molecule is NNC=[N+](N)c1ccc(CCl)cc1. The van der Waals surface area contributed by atoms with Crippen LogP contribution < -0.4 is 17.1 Å². The van der Waals surface area contributed by atoms with E-state index in [1.807, 2.05) is 24.3 Å². The highest BCUT2D eigenvalue weighted by atomic mass is 35.5. The largest absolute Gasteiger partial charge is 0.278 e. The number of alkyl halides is 1. The molecule has 13 heavy (non-hydrogen) atoms. The fraction of sp³-hybridized carbons (Fsp3) is 0.125. The molecule has 5 heteroatoms. The Morgan fingerprint density at radius 2 is 2.00 bits per heavy atom. The lowest BCUT2D eigenvalue weighted by molar-refractivity contribution is -0.449. The Balaban J connectivity index is 2.85. The standard InChI is InChI=1S/C8H11ClN4/c9-5-7-1-3-8(4-2-7)13(11)6-12-10/h1-4,6H,5,10-11H2/p+1. The molecule has 70 valence electrons. The van der Waals surface area contributed by atoms with Crippen LogP contribution in [0.4, 0.5) is 5.69 Å². The van der Waals surface area contributed by atoms with Crippen molar-refractivity contribution in [2.75, 3.05) is 0 Å². The van der Waals surface area contributed by atoms with Crippen LogP contribution in [0.1, 0.15) is 5.56 Å². The number of hydrogen-bond donors (Lipinski definition) is 3. The minimum atomic E-state index is 0.504. The van der Waals surface area contributed by atoms with Crippen LogP contribution >= 0.6 is 11.6 Å². The minimum absolute atomic E-state index is 0.504. The van der Waals surface area contributed by atoms with Gasteiger partial charge in [0, 0.05) is 5.88 Å². The number of halogens is 1. The molecule has 0 aliphatic carbocycles. The zero-order valence-corrected chi connectivity index (χ0v) is 7.83. The smallest absolute Gasteiger partial charge is 0.269 e. The molecule has 0 bridgehead atoms. The predicted molar refractivity (Wildman–Crippen MR) is 53.5 cm³/mol. The Bertz CT molecular complexity index is 294. The highest BCUT2D eigenvalue weighted by molar-refractivity contribution is 6.17. The maximum Gasteiger partial charge on any atom is 0.278 e.